The quantitative estimate of drug-likeness (QED) is 0.647. The van der Waals surface area contributed by atoms with Crippen molar-refractivity contribution in [1.82, 2.24) is 10.3 Å². The van der Waals surface area contributed by atoms with Crippen LogP contribution in [0.2, 0.25) is 0 Å². The number of hydrogen-bond donors (Lipinski definition) is 2. The average molecular weight is 380 g/mol. The van der Waals surface area contributed by atoms with Gasteiger partial charge in [-0.1, -0.05) is 11.5 Å². The van der Waals surface area contributed by atoms with Crippen LogP contribution in [0.15, 0.2) is 24.3 Å². The molecule has 1 amide bonds. The van der Waals surface area contributed by atoms with Crippen LogP contribution in [0.5, 0.6) is 11.5 Å². The topological polar surface area (TPSA) is 63.4 Å². The molecule has 0 saturated heterocycles. The molecule has 0 fully saturated rings. The summed E-state index contributed by atoms with van der Waals surface area (Å²) in [6, 6.07) is 6.33. The number of aromatic amines is 1. The maximum absolute atomic E-state index is 14.1. The molecule has 0 aliphatic heterocycles. The number of benzene rings is 2. The van der Waals surface area contributed by atoms with Crippen LogP contribution >= 0.6 is 0 Å². The Labute approximate surface area is 164 Å². The van der Waals surface area contributed by atoms with Crippen molar-refractivity contribution < 1.29 is 18.7 Å². The van der Waals surface area contributed by atoms with Gasteiger partial charge in [0.05, 0.1) is 19.7 Å². The van der Waals surface area contributed by atoms with Crippen molar-refractivity contribution in [2.24, 2.45) is 0 Å². The lowest BCUT2D eigenvalue weighted by Crippen LogP contribution is -2.30. The maximum atomic E-state index is 14.1. The zero-order valence-electron chi connectivity index (χ0n) is 16.4. The Kier molecular flexibility index (Phi) is 5.63. The van der Waals surface area contributed by atoms with E-state index >= 15 is 0 Å². The lowest BCUT2D eigenvalue weighted by Gasteiger charge is -2.13. The highest BCUT2D eigenvalue weighted by Gasteiger charge is 2.16. The molecule has 2 radical (unpaired) electrons. The van der Waals surface area contributed by atoms with Crippen LogP contribution in [0.4, 0.5) is 4.39 Å². The molecule has 3 rings (SSSR count). The van der Waals surface area contributed by atoms with Crippen molar-refractivity contribution in [3.8, 4) is 11.5 Å². The minimum atomic E-state index is -0.307. The van der Waals surface area contributed by atoms with Gasteiger partial charge in [0, 0.05) is 23.2 Å². The molecule has 0 saturated carbocycles. The van der Waals surface area contributed by atoms with E-state index in [1.807, 2.05) is 13.8 Å². The van der Waals surface area contributed by atoms with Gasteiger partial charge >= 0.3 is 0 Å². The zero-order chi connectivity index (χ0) is 20.4. The highest BCUT2D eigenvalue weighted by Crippen LogP contribution is 2.28. The number of rotatable bonds is 6. The lowest BCUT2D eigenvalue weighted by atomic mass is 9.89. The molecule has 2 aromatic carbocycles. The predicted molar refractivity (Wildman–Crippen MR) is 109 cm³/mol. The van der Waals surface area contributed by atoms with Crippen molar-refractivity contribution in [2.45, 2.75) is 20.3 Å². The van der Waals surface area contributed by atoms with Gasteiger partial charge in [0.25, 0.3) is 5.91 Å². The molecule has 0 spiro atoms. The Morgan fingerprint density at radius 1 is 1.18 bits per heavy atom. The molecule has 1 aromatic heterocycles. The molecule has 0 unspecified atom stereocenters. The van der Waals surface area contributed by atoms with E-state index in [0.29, 0.717) is 41.0 Å². The number of H-pyrrole nitrogens is 1. The van der Waals surface area contributed by atoms with Crippen molar-refractivity contribution in [3.05, 3.63) is 52.5 Å². The summed E-state index contributed by atoms with van der Waals surface area (Å²) in [5.41, 5.74) is 4.00. The second kappa shape index (κ2) is 7.96. The van der Waals surface area contributed by atoms with Crippen molar-refractivity contribution >= 4 is 30.1 Å². The molecule has 7 heteroatoms. The van der Waals surface area contributed by atoms with Crippen LogP contribution in [0.25, 0.3) is 10.9 Å². The van der Waals surface area contributed by atoms with Gasteiger partial charge in [-0.2, -0.15) is 0 Å². The summed E-state index contributed by atoms with van der Waals surface area (Å²) in [6.45, 7) is 4.24. The summed E-state index contributed by atoms with van der Waals surface area (Å²) >= 11 is 0. The van der Waals surface area contributed by atoms with Gasteiger partial charge in [0.15, 0.2) is 11.5 Å². The maximum Gasteiger partial charge on any atom is 0.250 e. The third-order valence-corrected chi connectivity index (χ3v) is 4.89. The predicted octanol–water partition coefficient (Wildman–Crippen LogP) is 2.71. The summed E-state index contributed by atoms with van der Waals surface area (Å²) in [7, 11) is 8.98. The first-order chi connectivity index (χ1) is 13.4. The Morgan fingerprint density at radius 3 is 2.54 bits per heavy atom. The molecule has 3 aromatic rings. The van der Waals surface area contributed by atoms with Crippen molar-refractivity contribution in [3.63, 3.8) is 0 Å². The summed E-state index contributed by atoms with van der Waals surface area (Å²) in [5.74, 6) is 0.305. The molecule has 0 atom stereocenters. The third kappa shape index (κ3) is 3.57. The summed E-state index contributed by atoms with van der Waals surface area (Å²) in [4.78, 5) is 15.7. The summed E-state index contributed by atoms with van der Waals surface area (Å²) in [5, 5.41) is 3.74. The normalized spacial score (nSPS) is 10.9. The number of aryl methyl sites for hydroxylation is 2. The molecule has 0 bridgehead atoms. The Hall–Kier alpha value is -2.96. The van der Waals surface area contributed by atoms with E-state index in [-0.39, 0.29) is 11.7 Å². The van der Waals surface area contributed by atoms with Gasteiger partial charge in [-0.3, -0.25) is 4.79 Å². The average Bonchev–Trinajstić information content (AvgIpc) is 3.02. The first-order valence-corrected chi connectivity index (χ1v) is 8.93. The van der Waals surface area contributed by atoms with Crippen molar-refractivity contribution in [2.75, 3.05) is 20.8 Å². The molecular formula is C21H22BFN2O3. The first-order valence-electron chi connectivity index (χ1n) is 8.93. The standard InChI is InChI=1S/C21H22BFN2O3/c1-11-5-6-16(23)20-19(11)13(12(2)25-20)7-8-24-21(26)14-9-17(27-3)18(28-4)10-15(14)22/h5-6,9-10,25H,7-8H2,1-4H3,(H,24,26). The zero-order valence-corrected chi connectivity index (χ0v) is 16.4. The number of carbonyl (C=O) groups excluding carboxylic acids is 1. The van der Waals surface area contributed by atoms with E-state index < -0.39 is 0 Å². The minimum absolute atomic E-state index is 0.280. The van der Waals surface area contributed by atoms with E-state index in [1.54, 1.807) is 18.2 Å². The van der Waals surface area contributed by atoms with Gasteiger partial charge in [0.2, 0.25) is 0 Å². The Balaban J connectivity index is 1.78. The number of ether oxygens (including phenoxy) is 2. The molecule has 2 N–H and O–H groups in total. The molecule has 28 heavy (non-hydrogen) atoms. The van der Waals surface area contributed by atoms with Crippen LogP contribution in [0.3, 0.4) is 0 Å². The molecule has 0 aliphatic carbocycles. The SMILES string of the molecule is [B]c1cc(OC)c(OC)cc1C(=O)NCCc1c(C)[nH]c2c(F)ccc(C)c12. The van der Waals surface area contributed by atoms with Gasteiger partial charge in [0.1, 0.15) is 13.7 Å². The number of aromatic nitrogens is 1. The molecule has 5 nitrogen and oxygen atoms in total. The van der Waals surface area contributed by atoms with Crippen LogP contribution in [0, 0.1) is 19.7 Å². The Morgan fingerprint density at radius 2 is 1.86 bits per heavy atom. The van der Waals surface area contributed by atoms with E-state index in [4.69, 9.17) is 17.3 Å². The number of methoxy groups -OCH3 is 2. The van der Waals surface area contributed by atoms with Crippen LogP contribution in [0.1, 0.15) is 27.2 Å². The number of halogens is 1. The number of fused-ring (bicyclic) bond motifs is 1. The first kappa shape index (κ1) is 19.8. The third-order valence-electron chi connectivity index (χ3n) is 4.89. The number of carbonyl (C=O) groups is 1. The second-order valence-corrected chi connectivity index (χ2v) is 6.64. The molecule has 144 valence electrons. The van der Waals surface area contributed by atoms with E-state index in [1.165, 1.54) is 20.3 Å². The van der Waals surface area contributed by atoms with Gasteiger partial charge < -0.3 is 19.8 Å². The molecule has 0 aliphatic rings. The summed E-state index contributed by atoms with van der Waals surface area (Å²) in [6.07, 6.45) is 0.565. The number of nitrogens with one attached hydrogen (secondary N) is 2. The lowest BCUT2D eigenvalue weighted by molar-refractivity contribution is 0.0955. The van der Waals surface area contributed by atoms with Crippen molar-refractivity contribution in [1.29, 1.82) is 0 Å². The fourth-order valence-corrected chi connectivity index (χ4v) is 3.44. The Bertz CT molecular complexity index is 1050. The van der Waals surface area contributed by atoms with Crippen LogP contribution in [-0.2, 0) is 6.42 Å². The molecule has 1 heterocycles. The monoisotopic (exact) mass is 380 g/mol. The van der Waals surface area contributed by atoms with E-state index in [9.17, 15) is 9.18 Å². The largest absolute Gasteiger partial charge is 0.493 e. The van der Waals surface area contributed by atoms with Gasteiger partial charge in [-0.05, 0) is 49.6 Å². The number of hydrogen-bond acceptors (Lipinski definition) is 3. The minimum Gasteiger partial charge on any atom is -0.493 e. The highest BCUT2D eigenvalue weighted by atomic mass is 19.1. The van der Waals surface area contributed by atoms with Crippen LogP contribution in [-0.4, -0.2) is 39.5 Å². The second-order valence-electron chi connectivity index (χ2n) is 6.64. The highest BCUT2D eigenvalue weighted by molar-refractivity contribution is 6.36. The van der Waals surface area contributed by atoms with E-state index in [2.05, 4.69) is 10.3 Å². The fourth-order valence-electron chi connectivity index (χ4n) is 3.44. The van der Waals surface area contributed by atoms with E-state index in [0.717, 1.165) is 22.2 Å². The summed E-state index contributed by atoms with van der Waals surface area (Å²) < 4.78 is 24.5. The smallest absolute Gasteiger partial charge is 0.250 e. The van der Waals surface area contributed by atoms with Gasteiger partial charge in [-0.15, -0.1) is 0 Å². The fraction of sp³-hybridized carbons (Fsp3) is 0.286. The van der Waals surface area contributed by atoms with Crippen LogP contribution < -0.4 is 20.3 Å². The molecular weight excluding hydrogens is 358 g/mol. The van der Waals surface area contributed by atoms with Gasteiger partial charge in [-0.25, -0.2) is 4.39 Å². The number of amides is 1.